The summed E-state index contributed by atoms with van der Waals surface area (Å²) < 4.78 is 37.2. The van der Waals surface area contributed by atoms with Crippen molar-refractivity contribution in [3.63, 3.8) is 0 Å². The molecule has 1 amide bonds. The Morgan fingerprint density at radius 3 is 1.73 bits per heavy atom. The Labute approximate surface area is 234 Å². The number of hydrogen-bond acceptors (Lipinski definition) is 6. The summed E-state index contributed by atoms with van der Waals surface area (Å²) in [4.78, 5) is 32.0. The van der Waals surface area contributed by atoms with Crippen molar-refractivity contribution < 1.29 is 38.1 Å². The third-order valence-corrected chi connectivity index (χ3v) is 7.38. The topological polar surface area (TPSA) is 124 Å². The largest absolute Gasteiger partial charge is 0.374 e. The maximum absolute atomic E-state index is 12.3. The maximum Gasteiger partial charge on any atom is 0.328 e. The summed E-state index contributed by atoms with van der Waals surface area (Å²) in [5.74, 6) is -0.377. The lowest BCUT2D eigenvalue weighted by atomic mass is 9.92. The molecule has 10 heteroatoms. The lowest BCUT2D eigenvalue weighted by molar-refractivity contribution is -0.228. The van der Waals surface area contributed by atoms with Gasteiger partial charge in [0.2, 0.25) is 5.91 Å². The predicted octanol–water partition coefficient (Wildman–Crippen LogP) is 3.82. The van der Waals surface area contributed by atoms with Gasteiger partial charge in [-0.25, -0.2) is 0 Å². The van der Waals surface area contributed by atoms with Gasteiger partial charge in [-0.05, 0) is 16.7 Å². The van der Waals surface area contributed by atoms with Gasteiger partial charge in [-0.2, -0.15) is 0 Å². The molecule has 1 aliphatic rings. The Bertz CT molecular complexity index is 1220. The number of hydrogen-bond donors (Lipinski definition) is 3. The minimum atomic E-state index is -4.52. The van der Waals surface area contributed by atoms with Crippen LogP contribution in [0.4, 0.5) is 0 Å². The number of amides is 1. The maximum atomic E-state index is 12.3. The first-order chi connectivity index (χ1) is 19.3. The molecule has 40 heavy (non-hydrogen) atoms. The van der Waals surface area contributed by atoms with E-state index in [2.05, 4.69) is 5.32 Å². The third kappa shape index (κ3) is 9.35. The average Bonchev–Trinajstić information content (AvgIpc) is 2.93. The number of carbonyl (C=O) groups excluding carboxylic acids is 1. The second-order valence-electron chi connectivity index (χ2n) is 9.81. The molecule has 0 aliphatic carbocycles. The average molecular weight is 570 g/mol. The molecule has 5 atom stereocenters. The lowest BCUT2D eigenvalue weighted by Gasteiger charge is -2.46. The summed E-state index contributed by atoms with van der Waals surface area (Å²) in [7, 11) is -4.52. The minimum absolute atomic E-state index is 0.0873. The smallest absolute Gasteiger partial charge is 0.328 e. The van der Waals surface area contributed by atoms with E-state index in [1.165, 1.54) is 6.92 Å². The van der Waals surface area contributed by atoms with Crippen LogP contribution in [-0.4, -0.2) is 58.9 Å². The van der Waals surface area contributed by atoms with Gasteiger partial charge in [0.05, 0.1) is 44.7 Å². The van der Waals surface area contributed by atoms with Gasteiger partial charge in [-0.3, -0.25) is 9.36 Å². The van der Waals surface area contributed by atoms with Crippen LogP contribution < -0.4 is 5.32 Å². The van der Waals surface area contributed by atoms with Crippen LogP contribution in [0.15, 0.2) is 91.0 Å². The molecule has 4 rings (SSSR count). The van der Waals surface area contributed by atoms with E-state index < -0.39 is 44.2 Å². The van der Waals surface area contributed by atoms with E-state index in [0.717, 1.165) is 16.7 Å². The normalized spacial score (nSPS) is 23.0. The number of benzene rings is 3. The quantitative estimate of drug-likeness (QED) is 0.266. The van der Waals surface area contributed by atoms with E-state index in [1.807, 2.05) is 91.0 Å². The molecular formula is C30H36NO8P. The van der Waals surface area contributed by atoms with E-state index >= 15 is 0 Å². The highest BCUT2D eigenvalue weighted by Crippen LogP contribution is 2.40. The Morgan fingerprint density at radius 1 is 0.775 bits per heavy atom. The highest BCUT2D eigenvalue weighted by Gasteiger charge is 2.49. The van der Waals surface area contributed by atoms with E-state index in [9.17, 15) is 19.1 Å². The molecule has 0 bridgehead atoms. The molecule has 3 N–H and O–H groups in total. The van der Waals surface area contributed by atoms with Crippen molar-refractivity contribution in [2.24, 2.45) is 0 Å². The predicted molar refractivity (Wildman–Crippen MR) is 149 cm³/mol. The molecule has 3 aromatic rings. The fourth-order valence-electron chi connectivity index (χ4n) is 4.75. The number of rotatable bonds is 13. The number of carbonyl (C=O) groups is 1. The van der Waals surface area contributed by atoms with Crippen molar-refractivity contribution in [1.82, 2.24) is 5.32 Å². The molecule has 0 saturated carbocycles. The van der Waals surface area contributed by atoms with Gasteiger partial charge in [-0.1, -0.05) is 91.0 Å². The monoisotopic (exact) mass is 569 g/mol. The summed E-state index contributed by atoms with van der Waals surface area (Å²) in [6, 6.07) is 27.9. The van der Waals surface area contributed by atoms with E-state index in [4.69, 9.17) is 18.9 Å². The SMILES string of the molecule is CC(=O)N[C@H]1[C@@H](OCc2ccccc2)[C@H](OCc2ccccc2)[C@@H](COCc2ccccc2)O[C@@H]1CP(=O)(O)O. The molecule has 214 valence electrons. The highest BCUT2D eigenvalue weighted by atomic mass is 31.2. The van der Waals surface area contributed by atoms with Crippen LogP contribution in [0.1, 0.15) is 23.6 Å². The van der Waals surface area contributed by atoms with Crippen LogP contribution in [-0.2, 0) is 48.1 Å². The zero-order valence-corrected chi connectivity index (χ0v) is 23.3. The first-order valence-electron chi connectivity index (χ1n) is 13.2. The molecule has 9 nitrogen and oxygen atoms in total. The van der Waals surface area contributed by atoms with E-state index in [1.54, 1.807) is 0 Å². The Balaban J connectivity index is 1.62. The molecule has 0 aromatic heterocycles. The van der Waals surface area contributed by atoms with Crippen LogP contribution >= 0.6 is 7.60 Å². The fraction of sp³-hybridized carbons (Fsp3) is 0.367. The molecule has 1 heterocycles. The summed E-state index contributed by atoms with van der Waals surface area (Å²) >= 11 is 0. The van der Waals surface area contributed by atoms with Crippen molar-refractivity contribution in [2.75, 3.05) is 12.8 Å². The Hall–Kier alpha value is -2.88. The van der Waals surface area contributed by atoms with Crippen LogP contribution in [0.5, 0.6) is 0 Å². The van der Waals surface area contributed by atoms with Gasteiger partial charge in [0.1, 0.15) is 18.3 Å². The van der Waals surface area contributed by atoms with Crippen LogP contribution in [0.2, 0.25) is 0 Å². The molecule has 0 spiro atoms. The van der Waals surface area contributed by atoms with Gasteiger partial charge >= 0.3 is 7.60 Å². The Morgan fingerprint density at radius 2 is 1.25 bits per heavy atom. The van der Waals surface area contributed by atoms with Crippen LogP contribution in [0.25, 0.3) is 0 Å². The molecule has 0 radical (unpaired) electrons. The first-order valence-corrected chi connectivity index (χ1v) is 15.0. The molecule has 0 unspecified atom stereocenters. The van der Waals surface area contributed by atoms with Crippen molar-refractivity contribution >= 4 is 13.5 Å². The summed E-state index contributed by atoms with van der Waals surface area (Å²) in [6.45, 7) is 2.19. The van der Waals surface area contributed by atoms with E-state index in [-0.39, 0.29) is 25.7 Å². The van der Waals surface area contributed by atoms with Gasteiger partial charge in [-0.15, -0.1) is 0 Å². The zero-order valence-electron chi connectivity index (χ0n) is 22.4. The van der Waals surface area contributed by atoms with Crippen LogP contribution in [0, 0.1) is 0 Å². The summed E-state index contributed by atoms with van der Waals surface area (Å²) in [5.41, 5.74) is 2.81. The summed E-state index contributed by atoms with van der Waals surface area (Å²) in [5, 5.41) is 2.82. The highest BCUT2D eigenvalue weighted by molar-refractivity contribution is 7.51. The fourth-order valence-corrected chi connectivity index (χ4v) is 5.53. The van der Waals surface area contributed by atoms with Crippen molar-refractivity contribution in [2.45, 2.75) is 57.2 Å². The molecular weight excluding hydrogens is 533 g/mol. The van der Waals surface area contributed by atoms with Gasteiger partial charge < -0.3 is 34.1 Å². The summed E-state index contributed by atoms with van der Waals surface area (Å²) in [6.07, 6.45) is -3.86. The second-order valence-corrected chi connectivity index (χ2v) is 11.5. The van der Waals surface area contributed by atoms with Crippen LogP contribution in [0.3, 0.4) is 0 Å². The number of ether oxygens (including phenoxy) is 4. The number of nitrogens with one attached hydrogen (secondary N) is 1. The van der Waals surface area contributed by atoms with Crippen molar-refractivity contribution in [3.8, 4) is 0 Å². The van der Waals surface area contributed by atoms with Gasteiger partial charge in [0.15, 0.2) is 0 Å². The van der Waals surface area contributed by atoms with Gasteiger partial charge in [0, 0.05) is 6.92 Å². The van der Waals surface area contributed by atoms with Gasteiger partial charge in [0.25, 0.3) is 0 Å². The molecule has 3 aromatic carbocycles. The molecule has 1 aliphatic heterocycles. The first kappa shape index (κ1) is 30.1. The Kier molecular flexibility index (Phi) is 11.0. The molecule has 1 saturated heterocycles. The lowest BCUT2D eigenvalue weighted by Crippen LogP contribution is -2.66. The second kappa shape index (κ2) is 14.7. The third-order valence-electron chi connectivity index (χ3n) is 6.55. The standard InChI is InChI=1S/C30H36NO8P/c1-22(32)31-28-27(21-40(33,34)35)39-26(20-36-17-23-11-5-2-6-12-23)29(37-18-24-13-7-3-8-14-24)30(28)38-19-25-15-9-4-10-16-25/h2-16,26-30H,17-21H2,1H3,(H,31,32)(H2,33,34,35)/t26-,27-,28-,29-,30-/m1/s1. The molecule has 1 fully saturated rings. The van der Waals surface area contributed by atoms with Crippen molar-refractivity contribution in [3.05, 3.63) is 108 Å². The van der Waals surface area contributed by atoms with Crippen molar-refractivity contribution in [1.29, 1.82) is 0 Å². The van der Waals surface area contributed by atoms with E-state index in [0.29, 0.717) is 6.61 Å². The minimum Gasteiger partial charge on any atom is -0.374 e. The zero-order chi connectivity index (χ0) is 28.4.